The van der Waals surface area contributed by atoms with Gasteiger partial charge in [-0.05, 0) is 20.8 Å². The van der Waals surface area contributed by atoms with Crippen LogP contribution in [0.4, 0.5) is 0 Å². The van der Waals surface area contributed by atoms with Crippen LogP contribution in [0.1, 0.15) is 16.7 Å². The molecule has 0 saturated heterocycles. The molecule has 0 unspecified atom stereocenters. The minimum atomic E-state index is 0. The van der Waals surface area contributed by atoms with Crippen molar-refractivity contribution < 1.29 is 31.7 Å². The Morgan fingerprint density at radius 3 is 0.875 bits per heavy atom. The number of benzene rings is 1. The first kappa shape index (κ1) is 24.1. The first-order valence-corrected chi connectivity index (χ1v) is 3.94. The van der Waals surface area contributed by atoms with E-state index >= 15 is 0 Å². The van der Waals surface area contributed by atoms with E-state index < -0.39 is 0 Å². The van der Waals surface area contributed by atoms with Gasteiger partial charge in [0.15, 0.2) is 0 Å². The van der Waals surface area contributed by atoms with Gasteiger partial charge in [0.1, 0.15) is 0 Å². The van der Waals surface area contributed by atoms with Gasteiger partial charge in [-0.3, -0.25) is 20.4 Å². The Labute approximate surface area is 108 Å². The Morgan fingerprint density at radius 2 is 0.750 bits per heavy atom. The minimum absolute atomic E-state index is 0. The van der Waals surface area contributed by atoms with Gasteiger partial charge in [-0.1, -0.05) is 34.9 Å². The maximum Gasteiger partial charge on any atom is 3.00 e. The Bertz CT molecular complexity index is 209. The standard InChI is InChI=1S/C9H12.3CHO.Cr/c1-7-4-8(2)6-9(3)5-7;3*1-2;/h4-6H,1-3H3;3*1H;/q;3*-1;+3. The zero-order chi connectivity index (χ0) is 12.9. The van der Waals surface area contributed by atoms with E-state index in [0.29, 0.717) is 0 Å². The second-order valence-corrected chi connectivity index (χ2v) is 2.67. The van der Waals surface area contributed by atoms with Crippen LogP contribution in [-0.2, 0) is 31.7 Å². The van der Waals surface area contributed by atoms with Gasteiger partial charge in [0.2, 0.25) is 0 Å². The summed E-state index contributed by atoms with van der Waals surface area (Å²) in [5.74, 6) is 0. The van der Waals surface area contributed by atoms with E-state index in [0.717, 1.165) is 0 Å². The molecule has 16 heavy (non-hydrogen) atoms. The van der Waals surface area contributed by atoms with Crippen molar-refractivity contribution >= 4 is 20.4 Å². The van der Waals surface area contributed by atoms with E-state index in [4.69, 9.17) is 14.4 Å². The number of hydrogen-bond acceptors (Lipinski definition) is 3. The monoisotopic (exact) mass is 259 g/mol. The number of rotatable bonds is 0. The molecule has 1 radical (unpaired) electrons. The number of aryl methyl sites for hydroxylation is 3. The van der Waals surface area contributed by atoms with Gasteiger partial charge >= 0.3 is 17.4 Å². The molecule has 0 atom stereocenters. The summed E-state index contributed by atoms with van der Waals surface area (Å²) in [6.45, 7) is 16.1. The molecule has 1 aromatic carbocycles. The molecule has 87 valence electrons. The van der Waals surface area contributed by atoms with Gasteiger partial charge in [0, 0.05) is 0 Å². The van der Waals surface area contributed by atoms with Crippen LogP contribution >= 0.6 is 0 Å². The molecule has 0 amide bonds. The number of hydrogen-bond donors (Lipinski definition) is 0. The molecule has 0 aliphatic carbocycles. The zero-order valence-corrected chi connectivity index (χ0v) is 10.9. The molecular formula is C12H15CrO3. The van der Waals surface area contributed by atoms with Gasteiger partial charge < -0.3 is 14.4 Å². The molecule has 0 saturated carbocycles. The zero-order valence-electron chi connectivity index (χ0n) is 9.60. The van der Waals surface area contributed by atoms with Crippen LogP contribution in [0, 0.1) is 20.8 Å². The van der Waals surface area contributed by atoms with Crippen molar-refractivity contribution in [1.29, 1.82) is 0 Å². The average molecular weight is 259 g/mol. The van der Waals surface area contributed by atoms with Crippen LogP contribution in [0.2, 0.25) is 0 Å². The van der Waals surface area contributed by atoms with E-state index in [1.807, 2.05) is 0 Å². The summed E-state index contributed by atoms with van der Waals surface area (Å²) >= 11 is 0. The minimum Gasteiger partial charge on any atom is -0.545 e. The van der Waals surface area contributed by atoms with Crippen molar-refractivity contribution in [2.45, 2.75) is 20.8 Å². The third-order valence-corrected chi connectivity index (χ3v) is 1.37. The summed E-state index contributed by atoms with van der Waals surface area (Å²) in [6.07, 6.45) is 0. The van der Waals surface area contributed by atoms with Crippen LogP contribution < -0.4 is 0 Å². The van der Waals surface area contributed by atoms with Crippen LogP contribution in [-0.4, -0.2) is 20.4 Å². The fourth-order valence-corrected chi connectivity index (χ4v) is 1.20. The van der Waals surface area contributed by atoms with Crippen molar-refractivity contribution in [3.63, 3.8) is 0 Å². The fourth-order valence-electron chi connectivity index (χ4n) is 1.20. The van der Waals surface area contributed by atoms with Gasteiger partial charge in [0.25, 0.3) is 0 Å². The van der Waals surface area contributed by atoms with Gasteiger partial charge in [-0.2, -0.15) is 0 Å². The molecule has 0 N–H and O–H groups in total. The predicted molar refractivity (Wildman–Crippen MR) is 60.9 cm³/mol. The van der Waals surface area contributed by atoms with Crippen molar-refractivity contribution in [2.75, 3.05) is 0 Å². The molecule has 0 fully saturated rings. The van der Waals surface area contributed by atoms with Crippen molar-refractivity contribution in [2.24, 2.45) is 0 Å². The maximum atomic E-state index is 7.75. The molecule has 1 aromatic rings. The third kappa shape index (κ3) is 15.2. The molecule has 0 aliphatic rings. The maximum absolute atomic E-state index is 7.75. The molecule has 0 spiro atoms. The first-order chi connectivity index (χ1) is 7.18. The molecule has 0 aromatic heterocycles. The van der Waals surface area contributed by atoms with Gasteiger partial charge in [-0.25, -0.2) is 0 Å². The molecule has 0 heterocycles. The second-order valence-electron chi connectivity index (χ2n) is 2.67. The van der Waals surface area contributed by atoms with Crippen molar-refractivity contribution in [3.05, 3.63) is 34.9 Å². The largest absolute Gasteiger partial charge is 3.00 e. The van der Waals surface area contributed by atoms with Crippen LogP contribution in [0.15, 0.2) is 18.2 Å². The van der Waals surface area contributed by atoms with Gasteiger partial charge in [0.05, 0.1) is 0 Å². The molecular weight excluding hydrogens is 244 g/mol. The normalized spacial score (nSPS) is 6.19. The van der Waals surface area contributed by atoms with Crippen molar-refractivity contribution in [3.8, 4) is 0 Å². The predicted octanol–water partition coefficient (Wildman–Crippen LogP) is 1.79. The molecule has 1 rings (SSSR count). The van der Waals surface area contributed by atoms with E-state index in [1.54, 1.807) is 0 Å². The Morgan fingerprint density at radius 1 is 0.625 bits per heavy atom. The quantitative estimate of drug-likeness (QED) is 0.527. The Kier molecular flexibility index (Phi) is 29.2. The van der Waals surface area contributed by atoms with Gasteiger partial charge in [-0.15, -0.1) is 0 Å². The van der Waals surface area contributed by atoms with Crippen LogP contribution in [0.25, 0.3) is 0 Å². The Hall–Kier alpha value is -1.24. The molecule has 0 bridgehead atoms. The summed E-state index contributed by atoms with van der Waals surface area (Å²) in [6, 6.07) is 6.56. The summed E-state index contributed by atoms with van der Waals surface area (Å²) in [5.41, 5.74) is 4.06. The topological polar surface area (TPSA) is 51.2 Å². The second kappa shape index (κ2) is 19.4. The Balaban J connectivity index is -0.0000000900. The SMILES string of the molecule is Cc1cc(C)cc(C)c1.[CH-]=O.[CH-]=O.[CH-]=O.[Cr+3]. The summed E-state index contributed by atoms with van der Waals surface area (Å²) < 4.78 is 0. The molecule has 3 nitrogen and oxygen atoms in total. The number of carbonyl (C=O) groups excluding carboxylic acids is 3. The fraction of sp³-hybridized carbons (Fsp3) is 0.250. The van der Waals surface area contributed by atoms with Crippen LogP contribution in [0.3, 0.4) is 0 Å². The molecule has 4 heteroatoms. The third-order valence-electron chi connectivity index (χ3n) is 1.37. The smallest absolute Gasteiger partial charge is 0.545 e. The van der Waals surface area contributed by atoms with E-state index in [1.165, 1.54) is 16.7 Å². The average Bonchev–Trinajstić information content (AvgIpc) is 2.24. The van der Waals surface area contributed by atoms with Crippen LogP contribution in [0.5, 0.6) is 0 Å². The summed E-state index contributed by atoms with van der Waals surface area (Å²) in [7, 11) is 0. The first-order valence-electron chi connectivity index (χ1n) is 3.94. The summed E-state index contributed by atoms with van der Waals surface area (Å²) in [4.78, 5) is 23.2. The van der Waals surface area contributed by atoms with Crippen molar-refractivity contribution in [1.82, 2.24) is 0 Å². The van der Waals surface area contributed by atoms with E-state index in [9.17, 15) is 0 Å². The van der Waals surface area contributed by atoms with E-state index in [2.05, 4.69) is 59.3 Å². The molecule has 0 aliphatic heterocycles. The van der Waals surface area contributed by atoms with E-state index in [-0.39, 0.29) is 17.4 Å². The summed E-state index contributed by atoms with van der Waals surface area (Å²) in [5, 5.41) is 0.